The van der Waals surface area contributed by atoms with E-state index in [4.69, 9.17) is 0 Å². The van der Waals surface area contributed by atoms with E-state index >= 15 is 0 Å². The lowest BCUT2D eigenvalue weighted by Gasteiger charge is -2.16. The van der Waals surface area contributed by atoms with Crippen molar-refractivity contribution in [1.82, 2.24) is 0 Å². The molecule has 1 aliphatic carbocycles. The second-order valence-corrected chi connectivity index (χ2v) is 6.12. The number of ketones is 2. The molecule has 1 fully saturated rings. The minimum Gasteiger partial charge on any atom is -0.299 e. The maximum Gasteiger partial charge on any atom is 0.173 e. The standard InChI is InChI=1S/C19H26O2/c20-18-15-11-6-4-2-1-3-5-10-14-17(18)19(21)16-12-8-7-9-13-16/h7-9,12-13,17H,1-6,10-11,14-15H2/t17-/m0/s1. The Hall–Kier alpha value is -1.44. The Morgan fingerprint density at radius 1 is 0.810 bits per heavy atom. The number of carbonyl (C=O) groups is 2. The van der Waals surface area contributed by atoms with Crippen LogP contribution in [-0.4, -0.2) is 11.6 Å². The van der Waals surface area contributed by atoms with Crippen molar-refractivity contribution in [3.8, 4) is 0 Å². The van der Waals surface area contributed by atoms with E-state index in [-0.39, 0.29) is 11.6 Å². The van der Waals surface area contributed by atoms with E-state index in [0.29, 0.717) is 12.0 Å². The molecule has 2 rings (SSSR count). The molecule has 0 spiro atoms. The molecule has 114 valence electrons. The first kappa shape index (κ1) is 15.9. The van der Waals surface area contributed by atoms with Crippen molar-refractivity contribution in [3.63, 3.8) is 0 Å². The number of Topliss-reactive ketones (excluding diaryl/α,β-unsaturated/α-hetero) is 2. The predicted octanol–water partition coefficient (Wildman–Crippen LogP) is 4.97. The van der Waals surface area contributed by atoms with Crippen LogP contribution in [0.5, 0.6) is 0 Å². The quantitative estimate of drug-likeness (QED) is 0.568. The molecule has 1 atom stereocenters. The normalized spacial score (nSPS) is 22.1. The summed E-state index contributed by atoms with van der Waals surface area (Å²) in [5.74, 6) is -0.228. The summed E-state index contributed by atoms with van der Waals surface area (Å²) < 4.78 is 0. The fourth-order valence-electron chi connectivity index (χ4n) is 3.12. The van der Waals surface area contributed by atoms with Gasteiger partial charge < -0.3 is 0 Å². The molecule has 0 saturated heterocycles. The smallest absolute Gasteiger partial charge is 0.173 e. The largest absolute Gasteiger partial charge is 0.299 e. The minimum absolute atomic E-state index is 0.0256. The number of carbonyl (C=O) groups excluding carboxylic acids is 2. The number of benzene rings is 1. The van der Waals surface area contributed by atoms with Gasteiger partial charge in [0.2, 0.25) is 0 Å². The molecule has 1 saturated carbocycles. The van der Waals surface area contributed by atoms with E-state index in [0.717, 1.165) is 32.1 Å². The summed E-state index contributed by atoms with van der Waals surface area (Å²) in [7, 11) is 0. The topological polar surface area (TPSA) is 34.1 Å². The summed E-state index contributed by atoms with van der Waals surface area (Å²) in [6, 6.07) is 9.29. The van der Waals surface area contributed by atoms with Crippen molar-refractivity contribution in [2.24, 2.45) is 5.92 Å². The molecule has 1 aliphatic rings. The van der Waals surface area contributed by atoms with Gasteiger partial charge in [0.05, 0.1) is 5.92 Å². The van der Waals surface area contributed by atoms with Crippen molar-refractivity contribution in [2.45, 2.75) is 64.2 Å². The van der Waals surface area contributed by atoms with Crippen molar-refractivity contribution >= 4 is 11.6 Å². The average molecular weight is 286 g/mol. The molecule has 21 heavy (non-hydrogen) atoms. The van der Waals surface area contributed by atoms with Crippen molar-refractivity contribution in [1.29, 1.82) is 0 Å². The van der Waals surface area contributed by atoms with Gasteiger partial charge in [-0.3, -0.25) is 9.59 Å². The van der Waals surface area contributed by atoms with Crippen molar-refractivity contribution in [2.75, 3.05) is 0 Å². The highest BCUT2D eigenvalue weighted by Gasteiger charge is 2.26. The predicted molar refractivity (Wildman–Crippen MR) is 85.4 cm³/mol. The maximum atomic E-state index is 12.6. The van der Waals surface area contributed by atoms with E-state index in [1.165, 1.54) is 25.7 Å². The zero-order valence-corrected chi connectivity index (χ0v) is 12.9. The Kier molecular flexibility index (Phi) is 6.65. The van der Waals surface area contributed by atoms with Crippen LogP contribution in [0, 0.1) is 5.92 Å². The Balaban J connectivity index is 2.04. The summed E-state index contributed by atoms with van der Waals surface area (Å²) in [4.78, 5) is 25.0. The SMILES string of the molecule is O=C1CCCCCCCCCC[C@@H]1C(=O)c1ccccc1. The maximum absolute atomic E-state index is 12.6. The van der Waals surface area contributed by atoms with Crippen LogP contribution in [0.2, 0.25) is 0 Å². The third kappa shape index (κ3) is 5.11. The molecule has 0 unspecified atom stereocenters. The van der Waals surface area contributed by atoms with Gasteiger partial charge in [-0.1, -0.05) is 75.3 Å². The number of rotatable bonds is 2. The minimum atomic E-state index is -0.410. The Morgan fingerprint density at radius 3 is 2.05 bits per heavy atom. The molecule has 0 N–H and O–H groups in total. The van der Waals surface area contributed by atoms with Gasteiger partial charge in [-0.05, 0) is 12.8 Å². The fourth-order valence-corrected chi connectivity index (χ4v) is 3.12. The van der Waals surface area contributed by atoms with Crippen LogP contribution in [-0.2, 0) is 4.79 Å². The average Bonchev–Trinajstić information content (AvgIpc) is 2.51. The summed E-state index contributed by atoms with van der Waals surface area (Å²) in [6.45, 7) is 0. The van der Waals surface area contributed by atoms with Gasteiger partial charge in [-0.25, -0.2) is 0 Å². The van der Waals surface area contributed by atoms with E-state index in [1.54, 1.807) is 0 Å². The summed E-state index contributed by atoms with van der Waals surface area (Å²) >= 11 is 0. The molecule has 2 nitrogen and oxygen atoms in total. The van der Waals surface area contributed by atoms with Gasteiger partial charge in [0, 0.05) is 12.0 Å². The summed E-state index contributed by atoms with van der Waals surface area (Å²) in [6.07, 6.45) is 10.6. The number of hydrogen-bond acceptors (Lipinski definition) is 2. The van der Waals surface area contributed by atoms with Crippen LogP contribution in [0.3, 0.4) is 0 Å². The first-order chi connectivity index (χ1) is 10.3. The van der Waals surface area contributed by atoms with Crippen LogP contribution < -0.4 is 0 Å². The van der Waals surface area contributed by atoms with Crippen LogP contribution in [0.4, 0.5) is 0 Å². The molecule has 1 aromatic rings. The molecule has 0 aromatic heterocycles. The van der Waals surface area contributed by atoms with Gasteiger partial charge in [-0.2, -0.15) is 0 Å². The lowest BCUT2D eigenvalue weighted by molar-refractivity contribution is -0.121. The molecular formula is C19H26O2. The molecule has 0 radical (unpaired) electrons. The van der Waals surface area contributed by atoms with Gasteiger partial charge in [-0.15, -0.1) is 0 Å². The van der Waals surface area contributed by atoms with Gasteiger partial charge in [0.15, 0.2) is 5.78 Å². The molecule has 0 heterocycles. The van der Waals surface area contributed by atoms with Gasteiger partial charge >= 0.3 is 0 Å². The zero-order chi connectivity index (χ0) is 14.9. The second kappa shape index (κ2) is 8.76. The van der Waals surface area contributed by atoms with Crippen LogP contribution in [0.25, 0.3) is 0 Å². The fraction of sp³-hybridized carbons (Fsp3) is 0.579. The first-order valence-corrected chi connectivity index (χ1v) is 8.41. The molecule has 1 aromatic carbocycles. The highest BCUT2D eigenvalue weighted by atomic mass is 16.1. The van der Waals surface area contributed by atoms with Crippen LogP contribution >= 0.6 is 0 Å². The lowest BCUT2D eigenvalue weighted by Crippen LogP contribution is -2.24. The molecule has 0 aliphatic heterocycles. The monoisotopic (exact) mass is 286 g/mol. The Labute approximate surface area is 127 Å². The van der Waals surface area contributed by atoms with Crippen molar-refractivity contribution in [3.05, 3.63) is 35.9 Å². The third-order valence-electron chi connectivity index (χ3n) is 4.43. The zero-order valence-electron chi connectivity index (χ0n) is 12.9. The number of hydrogen-bond donors (Lipinski definition) is 0. The summed E-state index contributed by atoms with van der Waals surface area (Å²) in [5.41, 5.74) is 0.683. The van der Waals surface area contributed by atoms with Crippen LogP contribution in [0.15, 0.2) is 30.3 Å². The molecule has 0 amide bonds. The molecule has 2 heteroatoms. The van der Waals surface area contributed by atoms with E-state index in [9.17, 15) is 9.59 Å². The molecule has 0 bridgehead atoms. The van der Waals surface area contributed by atoms with Gasteiger partial charge in [0.25, 0.3) is 0 Å². The van der Waals surface area contributed by atoms with E-state index in [1.807, 2.05) is 30.3 Å². The van der Waals surface area contributed by atoms with E-state index in [2.05, 4.69) is 0 Å². The van der Waals surface area contributed by atoms with Gasteiger partial charge in [0.1, 0.15) is 5.78 Å². The highest BCUT2D eigenvalue weighted by Crippen LogP contribution is 2.22. The van der Waals surface area contributed by atoms with Crippen molar-refractivity contribution < 1.29 is 9.59 Å². The lowest BCUT2D eigenvalue weighted by atomic mass is 9.86. The first-order valence-electron chi connectivity index (χ1n) is 8.41. The van der Waals surface area contributed by atoms with E-state index < -0.39 is 5.92 Å². The summed E-state index contributed by atoms with van der Waals surface area (Å²) in [5, 5.41) is 0. The third-order valence-corrected chi connectivity index (χ3v) is 4.43. The second-order valence-electron chi connectivity index (χ2n) is 6.12. The van der Waals surface area contributed by atoms with Crippen LogP contribution in [0.1, 0.15) is 74.6 Å². The Morgan fingerprint density at radius 2 is 1.38 bits per heavy atom. The highest BCUT2D eigenvalue weighted by molar-refractivity contribution is 6.10. The molecular weight excluding hydrogens is 260 g/mol. The Bertz CT molecular complexity index is 450.